The summed E-state index contributed by atoms with van der Waals surface area (Å²) in [5, 5.41) is 7.86. The van der Waals surface area contributed by atoms with Crippen LogP contribution < -0.4 is 5.32 Å². The molecule has 2 saturated heterocycles. The van der Waals surface area contributed by atoms with Crippen molar-refractivity contribution in [2.24, 2.45) is 13.0 Å². The molecule has 0 bridgehead atoms. The van der Waals surface area contributed by atoms with Crippen LogP contribution in [0.15, 0.2) is 12.3 Å². The van der Waals surface area contributed by atoms with Gasteiger partial charge in [0.1, 0.15) is 0 Å². The molecular formula is C12H20N4. The van der Waals surface area contributed by atoms with Gasteiger partial charge < -0.3 is 5.32 Å². The van der Waals surface area contributed by atoms with Crippen molar-refractivity contribution < 1.29 is 0 Å². The van der Waals surface area contributed by atoms with E-state index in [1.807, 2.05) is 17.9 Å². The van der Waals surface area contributed by atoms with Gasteiger partial charge in [0.2, 0.25) is 0 Å². The van der Waals surface area contributed by atoms with Crippen molar-refractivity contribution in [2.75, 3.05) is 19.6 Å². The van der Waals surface area contributed by atoms with Gasteiger partial charge in [-0.1, -0.05) is 0 Å². The van der Waals surface area contributed by atoms with Crippen molar-refractivity contribution in [3.63, 3.8) is 0 Å². The van der Waals surface area contributed by atoms with E-state index in [0.29, 0.717) is 0 Å². The van der Waals surface area contributed by atoms with Crippen LogP contribution >= 0.6 is 0 Å². The lowest BCUT2D eigenvalue weighted by Gasteiger charge is -2.24. The van der Waals surface area contributed by atoms with Crippen molar-refractivity contribution >= 4 is 0 Å². The van der Waals surface area contributed by atoms with Gasteiger partial charge >= 0.3 is 0 Å². The molecule has 1 aromatic heterocycles. The summed E-state index contributed by atoms with van der Waals surface area (Å²) >= 11 is 0. The van der Waals surface area contributed by atoms with Crippen molar-refractivity contribution in [1.82, 2.24) is 20.0 Å². The summed E-state index contributed by atoms with van der Waals surface area (Å²) in [6, 6.07) is 2.86. The van der Waals surface area contributed by atoms with E-state index in [4.69, 9.17) is 0 Å². The van der Waals surface area contributed by atoms with Gasteiger partial charge in [-0.3, -0.25) is 9.58 Å². The third-order valence-corrected chi connectivity index (χ3v) is 3.98. The fourth-order valence-corrected chi connectivity index (χ4v) is 3.05. The molecule has 0 aromatic carbocycles. The molecule has 16 heavy (non-hydrogen) atoms. The van der Waals surface area contributed by atoms with Gasteiger partial charge in [-0.25, -0.2) is 0 Å². The summed E-state index contributed by atoms with van der Waals surface area (Å²) in [7, 11) is 2.02. The Bertz CT molecular complexity index is 346. The van der Waals surface area contributed by atoms with E-state index < -0.39 is 0 Å². The highest BCUT2D eigenvalue weighted by Crippen LogP contribution is 2.25. The first-order valence-corrected chi connectivity index (χ1v) is 6.25. The lowest BCUT2D eigenvalue weighted by Crippen LogP contribution is -2.40. The Labute approximate surface area is 96.6 Å². The standard InChI is InChI=1S/C12H20N4/c1-15-11(4-6-14-15)8-16-7-10-3-2-5-13-12(10)9-16/h4,6,10,12-13H,2-3,5,7-9H2,1H3. The lowest BCUT2D eigenvalue weighted by molar-refractivity contribution is 0.304. The van der Waals surface area contributed by atoms with Crippen LogP contribution in [0.2, 0.25) is 0 Å². The second kappa shape index (κ2) is 4.18. The van der Waals surface area contributed by atoms with E-state index in [0.717, 1.165) is 18.5 Å². The van der Waals surface area contributed by atoms with Gasteiger partial charge in [0.05, 0.1) is 5.69 Å². The van der Waals surface area contributed by atoms with E-state index in [-0.39, 0.29) is 0 Å². The molecule has 2 fully saturated rings. The predicted molar refractivity (Wildman–Crippen MR) is 63.0 cm³/mol. The molecule has 0 spiro atoms. The van der Waals surface area contributed by atoms with Gasteiger partial charge in [-0.05, 0) is 31.4 Å². The van der Waals surface area contributed by atoms with Gasteiger partial charge in [0, 0.05) is 38.9 Å². The molecule has 3 heterocycles. The summed E-state index contributed by atoms with van der Waals surface area (Å²) in [4.78, 5) is 2.56. The second-order valence-electron chi connectivity index (χ2n) is 5.10. The van der Waals surface area contributed by atoms with Crippen molar-refractivity contribution in [3.05, 3.63) is 18.0 Å². The Balaban J connectivity index is 1.63. The fraction of sp³-hybridized carbons (Fsp3) is 0.750. The number of hydrogen-bond donors (Lipinski definition) is 1. The average Bonchev–Trinajstić information content (AvgIpc) is 2.85. The molecule has 3 rings (SSSR count). The van der Waals surface area contributed by atoms with Crippen molar-refractivity contribution in [2.45, 2.75) is 25.4 Å². The first-order valence-electron chi connectivity index (χ1n) is 6.25. The summed E-state index contributed by atoms with van der Waals surface area (Å²) in [6.07, 6.45) is 4.64. The number of rotatable bonds is 2. The summed E-state index contributed by atoms with van der Waals surface area (Å²) < 4.78 is 1.98. The minimum Gasteiger partial charge on any atom is -0.312 e. The molecule has 0 amide bonds. The number of piperidine rings is 1. The highest BCUT2D eigenvalue weighted by atomic mass is 15.3. The minimum atomic E-state index is 0.738. The SMILES string of the molecule is Cn1nccc1CN1CC2CCCNC2C1. The zero-order valence-electron chi connectivity index (χ0n) is 9.89. The molecule has 0 radical (unpaired) electrons. The van der Waals surface area contributed by atoms with Crippen LogP contribution in [0.4, 0.5) is 0 Å². The quantitative estimate of drug-likeness (QED) is 0.792. The fourth-order valence-electron chi connectivity index (χ4n) is 3.05. The monoisotopic (exact) mass is 220 g/mol. The van der Waals surface area contributed by atoms with Gasteiger partial charge in [0.25, 0.3) is 0 Å². The maximum Gasteiger partial charge on any atom is 0.0521 e. The lowest BCUT2D eigenvalue weighted by atomic mass is 9.94. The third kappa shape index (κ3) is 1.87. The summed E-state index contributed by atoms with van der Waals surface area (Å²) in [5.74, 6) is 0.877. The number of aromatic nitrogens is 2. The Morgan fingerprint density at radius 3 is 3.19 bits per heavy atom. The van der Waals surface area contributed by atoms with Crippen molar-refractivity contribution in [1.29, 1.82) is 0 Å². The predicted octanol–water partition coefficient (Wildman–Crippen LogP) is 0.604. The molecular weight excluding hydrogens is 200 g/mol. The van der Waals surface area contributed by atoms with Crippen LogP contribution in [0.1, 0.15) is 18.5 Å². The third-order valence-electron chi connectivity index (χ3n) is 3.98. The molecule has 0 saturated carbocycles. The number of likely N-dealkylation sites (tertiary alicyclic amines) is 1. The molecule has 2 unspecified atom stereocenters. The van der Waals surface area contributed by atoms with Crippen molar-refractivity contribution in [3.8, 4) is 0 Å². The maximum atomic E-state index is 4.22. The largest absolute Gasteiger partial charge is 0.312 e. The molecule has 4 heteroatoms. The molecule has 2 atom stereocenters. The number of hydrogen-bond acceptors (Lipinski definition) is 3. The number of nitrogens with one attached hydrogen (secondary N) is 1. The van der Waals surface area contributed by atoms with E-state index in [2.05, 4.69) is 21.4 Å². The molecule has 4 nitrogen and oxygen atoms in total. The molecule has 2 aliphatic heterocycles. The van der Waals surface area contributed by atoms with Crippen LogP contribution in [0, 0.1) is 5.92 Å². The van der Waals surface area contributed by atoms with Crippen LogP contribution in [0.25, 0.3) is 0 Å². The molecule has 2 aliphatic rings. The van der Waals surface area contributed by atoms with Gasteiger partial charge in [0.15, 0.2) is 0 Å². The Kier molecular flexibility index (Phi) is 2.69. The summed E-state index contributed by atoms with van der Waals surface area (Å²) in [6.45, 7) is 4.71. The smallest absolute Gasteiger partial charge is 0.0521 e. The van der Waals surface area contributed by atoms with Crippen LogP contribution in [0.3, 0.4) is 0 Å². The summed E-state index contributed by atoms with van der Waals surface area (Å²) in [5.41, 5.74) is 1.32. The highest BCUT2D eigenvalue weighted by Gasteiger charge is 2.34. The van der Waals surface area contributed by atoms with Crippen LogP contribution in [0.5, 0.6) is 0 Å². The Hall–Kier alpha value is -0.870. The normalized spacial score (nSPS) is 30.6. The van der Waals surface area contributed by atoms with Crippen LogP contribution in [-0.4, -0.2) is 40.4 Å². The zero-order chi connectivity index (χ0) is 11.0. The van der Waals surface area contributed by atoms with E-state index in [1.54, 1.807) is 0 Å². The number of aryl methyl sites for hydroxylation is 1. The Morgan fingerprint density at radius 2 is 2.44 bits per heavy atom. The molecule has 1 N–H and O–H groups in total. The Morgan fingerprint density at radius 1 is 1.50 bits per heavy atom. The maximum absolute atomic E-state index is 4.22. The highest BCUT2D eigenvalue weighted by molar-refractivity contribution is 5.02. The topological polar surface area (TPSA) is 33.1 Å². The molecule has 88 valence electrons. The molecule has 1 aromatic rings. The number of nitrogens with zero attached hydrogens (tertiary/aromatic N) is 3. The second-order valence-corrected chi connectivity index (χ2v) is 5.10. The first kappa shape index (κ1) is 10.3. The average molecular weight is 220 g/mol. The minimum absolute atomic E-state index is 0.738. The van der Waals surface area contributed by atoms with E-state index in [9.17, 15) is 0 Å². The van der Waals surface area contributed by atoms with Gasteiger partial charge in [-0.15, -0.1) is 0 Å². The van der Waals surface area contributed by atoms with Crippen LogP contribution in [-0.2, 0) is 13.6 Å². The molecule has 0 aliphatic carbocycles. The van der Waals surface area contributed by atoms with Gasteiger partial charge in [-0.2, -0.15) is 5.10 Å². The van der Waals surface area contributed by atoms with E-state index in [1.165, 1.54) is 38.2 Å². The number of fused-ring (bicyclic) bond motifs is 1. The van der Waals surface area contributed by atoms with E-state index >= 15 is 0 Å². The first-order chi connectivity index (χ1) is 7.83. The zero-order valence-corrected chi connectivity index (χ0v) is 9.89.